The third-order valence-corrected chi connectivity index (χ3v) is 4.58. The van der Waals surface area contributed by atoms with Crippen molar-refractivity contribution in [2.45, 2.75) is 27.3 Å². The van der Waals surface area contributed by atoms with Crippen LogP contribution in [-0.2, 0) is 6.54 Å². The zero-order valence-electron chi connectivity index (χ0n) is 15.5. The van der Waals surface area contributed by atoms with E-state index in [0.29, 0.717) is 28.9 Å². The Hall–Kier alpha value is -2.92. The highest BCUT2D eigenvalue weighted by Crippen LogP contribution is 2.25. The number of halogens is 1. The maximum absolute atomic E-state index is 12.5. The van der Waals surface area contributed by atoms with Crippen molar-refractivity contribution in [3.63, 3.8) is 0 Å². The zero-order chi connectivity index (χ0) is 19.4. The minimum atomic E-state index is -0.244. The summed E-state index contributed by atoms with van der Waals surface area (Å²) in [5.74, 6) is 0.118. The molecule has 0 aliphatic heterocycles. The summed E-state index contributed by atoms with van der Waals surface area (Å²) in [6.07, 6.45) is 0. The summed E-state index contributed by atoms with van der Waals surface area (Å²) in [5.41, 5.74) is 4.94. The normalized spacial score (nSPS) is 10.5. The maximum atomic E-state index is 12.5. The summed E-state index contributed by atoms with van der Waals surface area (Å²) in [6.45, 7) is 6.21. The molecule has 3 aromatic rings. The standard InChI is InChI=1S/C21H21ClN4O/c1-13-7-9-16(10-8-13)12-23-20(27)19-11-14(2)24-21(26-19)25-18-6-4-5-17(22)15(18)3/h4-11H,12H2,1-3H3,(H,23,27)(H,24,25,26). The number of carbonyl (C=O) groups is 1. The van der Waals surface area contributed by atoms with Gasteiger partial charge in [0.05, 0.1) is 0 Å². The van der Waals surface area contributed by atoms with Crippen LogP contribution in [-0.4, -0.2) is 15.9 Å². The van der Waals surface area contributed by atoms with Crippen molar-refractivity contribution in [1.29, 1.82) is 0 Å². The lowest BCUT2D eigenvalue weighted by Gasteiger charge is -2.11. The van der Waals surface area contributed by atoms with Gasteiger partial charge in [0, 0.05) is 22.9 Å². The first kappa shape index (κ1) is 18.9. The Bertz CT molecular complexity index is 970. The lowest BCUT2D eigenvalue weighted by Crippen LogP contribution is -2.24. The summed E-state index contributed by atoms with van der Waals surface area (Å²) in [7, 11) is 0. The SMILES string of the molecule is Cc1ccc(CNC(=O)c2cc(C)nc(Nc3cccc(Cl)c3C)n2)cc1. The van der Waals surface area contributed by atoms with E-state index in [2.05, 4.69) is 20.6 Å². The average Bonchev–Trinajstić information content (AvgIpc) is 2.64. The molecule has 2 aromatic carbocycles. The van der Waals surface area contributed by atoms with Crippen molar-refractivity contribution in [3.8, 4) is 0 Å². The van der Waals surface area contributed by atoms with E-state index in [1.165, 1.54) is 5.56 Å². The van der Waals surface area contributed by atoms with Gasteiger partial charge in [0.2, 0.25) is 5.95 Å². The number of carbonyl (C=O) groups excluding carboxylic acids is 1. The molecule has 27 heavy (non-hydrogen) atoms. The quantitative estimate of drug-likeness (QED) is 0.671. The van der Waals surface area contributed by atoms with Crippen molar-refractivity contribution in [1.82, 2.24) is 15.3 Å². The molecule has 138 valence electrons. The van der Waals surface area contributed by atoms with Crippen LogP contribution in [0.2, 0.25) is 5.02 Å². The number of hydrogen-bond acceptors (Lipinski definition) is 4. The first-order valence-corrected chi connectivity index (χ1v) is 9.02. The molecule has 6 heteroatoms. The number of benzene rings is 2. The predicted molar refractivity (Wildman–Crippen MR) is 109 cm³/mol. The van der Waals surface area contributed by atoms with Crippen molar-refractivity contribution < 1.29 is 4.79 Å². The molecule has 1 heterocycles. The molecule has 3 rings (SSSR count). The molecule has 1 amide bonds. The number of rotatable bonds is 5. The second-order valence-electron chi connectivity index (χ2n) is 6.42. The van der Waals surface area contributed by atoms with Gasteiger partial charge >= 0.3 is 0 Å². The minimum Gasteiger partial charge on any atom is -0.347 e. The summed E-state index contributed by atoms with van der Waals surface area (Å²) >= 11 is 6.16. The molecule has 2 N–H and O–H groups in total. The van der Waals surface area contributed by atoms with Gasteiger partial charge < -0.3 is 10.6 Å². The number of hydrogen-bond donors (Lipinski definition) is 2. The molecular weight excluding hydrogens is 360 g/mol. The van der Waals surface area contributed by atoms with E-state index in [4.69, 9.17) is 11.6 Å². The van der Waals surface area contributed by atoms with Gasteiger partial charge in [-0.05, 0) is 50.1 Å². The number of nitrogens with one attached hydrogen (secondary N) is 2. The fourth-order valence-electron chi connectivity index (χ4n) is 2.58. The predicted octanol–water partition coefficient (Wildman–Crippen LogP) is 4.73. The molecule has 5 nitrogen and oxygen atoms in total. The Labute approximate surface area is 163 Å². The van der Waals surface area contributed by atoms with Crippen LogP contribution in [0.15, 0.2) is 48.5 Å². The van der Waals surface area contributed by atoms with Gasteiger partial charge in [0.1, 0.15) is 5.69 Å². The fourth-order valence-corrected chi connectivity index (χ4v) is 2.76. The molecule has 0 bridgehead atoms. The Morgan fingerprint density at radius 1 is 1.04 bits per heavy atom. The summed E-state index contributed by atoms with van der Waals surface area (Å²) in [6, 6.07) is 15.3. The highest BCUT2D eigenvalue weighted by molar-refractivity contribution is 6.31. The van der Waals surface area contributed by atoms with Crippen LogP contribution >= 0.6 is 11.6 Å². The van der Waals surface area contributed by atoms with Crippen LogP contribution in [0.3, 0.4) is 0 Å². The molecule has 0 radical (unpaired) electrons. The molecule has 0 atom stereocenters. The van der Waals surface area contributed by atoms with Crippen molar-refractivity contribution in [2.24, 2.45) is 0 Å². The third-order valence-electron chi connectivity index (χ3n) is 4.17. The molecule has 0 saturated carbocycles. The van der Waals surface area contributed by atoms with Gasteiger partial charge in [-0.2, -0.15) is 0 Å². The number of aromatic nitrogens is 2. The highest BCUT2D eigenvalue weighted by Gasteiger charge is 2.12. The van der Waals surface area contributed by atoms with Crippen LogP contribution < -0.4 is 10.6 Å². The van der Waals surface area contributed by atoms with Crippen molar-refractivity contribution >= 4 is 29.1 Å². The molecule has 0 aliphatic rings. The maximum Gasteiger partial charge on any atom is 0.270 e. The van der Waals surface area contributed by atoms with Gasteiger partial charge in [-0.25, -0.2) is 9.97 Å². The van der Waals surface area contributed by atoms with Crippen LogP contribution in [0.25, 0.3) is 0 Å². The largest absolute Gasteiger partial charge is 0.347 e. The van der Waals surface area contributed by atoms with Gasteiger partial charge in [-0.3, -0.25) is 4.79 Å². The smallest absolute Gasteiger partial charge is 0.270 e. The summed E-state index contributed by atoms with van der Waals surface area (Å²) in [4.78, 5) is 21.2. The van der Waals surface area contributed by atoms with Crippen LogP contribution in [0, 0.1) is 20.8 Å². The Morgan fingerprint density at radius 2 is 1.78 bits per heavy atom. The Morgan fingerprint density at radius 3 is 2.52 bits per heavy atom. The molecule has 0 aliphatic carbocycles. The van der Waals surface area contributed by atoms with E-state index in [9.17, 15) is 4.79 Å². The van der Waals surface area contributed by atoms with E-state index >= 15 is 0 Å². The zero-order valence-corrected chi connectivity index (χ0v) is 16.3. The number of nitrogens with zero attached hydrogens (tertiary/aromatic N) is 2. The Balaban J connectivity index is 1.75. The average molecular weight is 381 g/mol. The van der Waals surface area contributed by atoms with E-state index in [0.717, 1.165) is 16.8 Å². The van der Waals surface area contributed by atoms with Gasteiger partial charge in [0.15, 0.2) is 0 Å². The number of anilines is 2. The number of aryl methyl sites for hydroxylation is 2. The Kier molecular flexibility index (Phi) is 5.72. The minimum absolute atomic E-state index is 0.244. The molecule has 1 aromatic heterocycles. The first-order chi connectivity index (χ1) is 12.9. The van der Waals surface area contributed by atoms with E-state index in [1.54, 1.807) is 6.07 Å². The van der Waals surface area contributed by atoms with Crippen LogP contribution in [0.4, 0.5) is 11.6 Å². The second-order valence-corrected chi connectivity index (χ2v) is 6.83. The van der Waals surface area contributed by atoms with Gasteiger partial charge in [0.25, 0.3) is 5.91 Å². The first-order valence-electron chi connectivity index (χ1n) is 8.64. The molecule has 0 saturated heterocycles. The second kappa shape index (κ2) is 8.18. The summed E-state index contributed by atoms with van der Waals surface area (Å²) < 4.78 is 0. The van der Waals surface area contributed by atoms with Crippen LogP contribution in [0.5, 0.6) is 0 Å². The summed E-state index contributed by atoms with van der Waals surface area (Å²) in [5, 5.41) is 6.69. The topological polar surface area (TPSA) is 66.9 Å². The lowest BCUT2D eigenvalue weighted by atomic mass is 10.1. The monoisotopic (exact) mass is 380 g/mol. The molecular formula is C21H21ClN4O. The fraction of sp³-hybridized carbons (Fsp3) is 0.190. The van der Waals surface area contributed by atoms with E-state index < -0.39 is 0 Å². The third kappa shape index (κ3) is 4.83. The molecule has 0 fully saturated rings. The van der Waals surface area contributed by atoms with E-state index in [1.807, 2.05) is 63.2 Å². The van der Waals surface area contributed by atoms with Gasteiger partial charge in [-0.1, -0.05) is 47.5 Å². The van der Waals surface area contributed by atoms with Crippen molar-refractivity contribution in [3.05, 3.63) is 81.6 Å². The highest BCUT2D eigenvalue weighted by atomic mass is 35.5. The lowest BCUT2D eigenvalue weighted by molar-refractivity contribution is 0.0945. The molecule has 0 unspecified atom stereocenters. The van der Waals surface area contributed by atoms with Crippen LogP contribution in [0.1, 0.15) is 32.9 Å². The number of amides is 1. The molecule has 0 spiro atoms. The van der Waals surface area contributed by atoms with Gasteiger partial charge in [-0.15, -0.1) is 0 Å². The van der Waals surface area contributed by atoms with Crippen molar-refractivity contribution in [2.75, 3.05) is 5.32 Å². The van der Waals surface area contributed by atoms with E-state index in [-0.39, 0.29) is 5.91 Å².